The Labute approximate surface area is 69.9 Å². The molecule has 0 N–H and O–H groups in total. The SMILES string of the molecule is O=C([O-])Cc1cc(C(F)(F)F)on1. The third-order valence-electron chi connectivity index (χ3n) is 1.16. The molecule has 0 aliphatic heterocycles. The van der Waals surface area contributed by atoms with Gasteiger partial charge in [-0.3, -0.25) is 0 Å². The molecule has 0 saturated heterocycles. The van der Waals surface area contributed by atoms with E-state index in [-0.39, 0.29) is 5.69 Å². The molecule has 0 aliphatic carbocycles. The van der Waals surface area contributed by atoms with Gasteiger partial charge in [0.2, 0.25) is 5.76 Å². The van der Waals surface area contributed by atoms with Crippen LogP contribution in [-0.4, -0.2) is 11.1 Å². The fourth-order valence-electron chi connectivity index (χ4n) is 0.677. The Balaban J connectivity index is 2.81. The van der Waals surface area contributed by atoms with Crippen LogP contribution in [0.2, 0.25) is 0 Å². The summed E-state index contributed by atoms with van der Waals surface area (Å²) in [6, 6.07) is 0.524. The van der Waals surface area contributed by atoms with E-state index < -0.39 is 24.3 Å². The number of carboxylic acid groups (broad SMARTS) is 1. The van der Waals surface area contributed by atoms with Crippen LogP contribution in [0.5, 0.6) is 0 Å². The number of hydrogen-bond acceptors (Lipinski definition) is 4. The molecule has 0 fully saturated rings. The van der Waals surface area contributed by atoms with E-state index in [9.17, 15) is 23.1 Å². The largest absolute Gasteiger partial charge is 0.550 e. The minimum atomic E-state index is -4.64. The molecular weight excluding hydrogens is 191 g/mol. The molecule has 1 aromatic rings. The third-order valence-corrected chi connectivity index (χ3v) is 1.16. The summed E-state index contributed by atoms with van der Waals surface area (Å²) in [6.07, 6.45) is -5.34. The van der Waals surface area contributed by atoms with E-state index in [1.807, 2.05) is 0 Å². The lowest BCUT2D eigenvalue weighted by Gasteiger charge is -1.97. The van der Waals surface area contributed by atoms with Crippen LogP contribution in [0.3, 0.4) is 0 Å². The summed E-state index contributed by atoms with van der Waals surface area (Å²) >= 11 is 0. The molecule has 13 heavy (non-hydrogen) atoms. The van der Waals surface area contributed by atoms with Crippen LogP contribution in [0.4, 0.5) is 13.2 Å². The Morgan fingerprint density at radius 2 is 2.23 bits per heavy atom. The highest BCUT2D eigenvalue weighted by Crippen LogP contribution is 2.29. The number of halogens is 3. The first-order chi connectivity index (χ1) is 5.89. The van der Waals surface area contributed by atoms with Crippen molar-refractivity contribution >= 4 is 5.97 Å². The molecule has 4 nitrogen and oxygen atoms in total. The fraction of sp³-hybridized carbons (Fsp3) is 0.333. The topological polar surface area (TPSA) is 66.2 Å². The first-order valence-electron chi connectivity index (χ1n) is 3.12. The van der Waals surface area contributed by atoms with Crippen molar-refractivity contribution in [1.29, 1.82) is 0 Å². The van der Waals surface area contributed by atoms with E-state index in [4.69, 9.17) is 0 Å². The predicted molar refractivity (Wildman–Crippen MR) is 30.2 cm³/mol. The van der Waals surface area contributed by atoms with Crippen LogP contribution in [-0.2, 0) is 17.4 Å². The van der Waals surface area contributed by atoms with Crippen LogP contribution in [0.1, 0.15) is 11.5 Å². The highest BCUT2D eigenvalue weighted by molar-refractivity contribution is 5.67. The standard InChI is InChI=1S/C6H4F3NO3/c7-6(8,9)4-1-3(10-13-4)2-5(11)12/h1H,2H2,(H,11,12)/p-1. The summed E-state index contributed by atoms with van der Waals surface area (Å²) in [6.45, 7) is 0. The summed E-state index contributed by atoms with van der Waals surface area (Å²) in [5.74, 6) is -2.83. The molecule has 72 valence electrons. The Kier molecular flexibility index (Phi) is 2.26. The smallest absolute Gasteiger partial charge is 0.452 e. The maximum absolute atomic E-state index is 11.8. The van der Waals surface area contributed by atoms with E-state index in [1.54, 1.807) is 0 Å². The van der Waals surface area contributed by atoms with Crippen molar-refractivity contribution in [2.24, 2.45) is 0 Å². The molecule has 0 amide bonds. The quantitative estimate of drug-likeness (QED) is 0.663. The van der Waals surface area contributed by atoms with Crippen LogP contribution in [0.15, 0.2) is 10.6 Å². The van der Waals surface area contributed by atoms with Crippen molar-refractivity contribution in [2.75, 3.05) is 0 Å². The Morgan fingerprint density at radius 3 is 2.62 bits per heavy atom. The Hall–Kier alpha value is -1.53. The van der Waals surface area contributed by atoms with Crippen molar-refractivity contribution in [3.8, 4) is 0 Å². The number of carboxylic acids is 1. The van der Waals surface area contributed by atoms with Gasteiger partial charge in [0.05, 0.1) is 5.69 Å². The maximum Gasteiger partial charge on any atom is 0.452 e. The molecule has 0 spiro atoms. The number of aromatic nitrogens is 1. The predicted octanol–water partition coefficient (Wildman–Crippen LogP) is -0.0142. The second-order valence-corrected chi connectivity index (χ2v) is 2.23. The van der Waals surface area contributed by atoms with Gasteiger partial charge in [0, 0.05) is 18.5 Å². The van der Waals surface area contributed by atoms with Crippen molar-refractivity contribution in [3.63, 3.8) is 0 Å². The van der Waals surface area contributed by atoms with Gasteiger partial charge < -0.3 is 14.4 Å². The van der Waals surface area contributed by atoms with E-state index in [0.29, 0.717) is 6.07 Å². The van der Waals surface area contributed by atoms with Crippen molar-refractivity contribution in [1.82, 2.24) is 5.16 Å². The second-order valence-electron chi connectivity index (χ2n) is 2.23. The van der Waals surface area contributed by atoms with Gasteiger partial charge in [-0.2, -0.15) is 13.2 Å². The summed E-state index contributed by atoms with van der Waals surface area (Å²) in [5, 5.41) is 12.9. The monoisotopic (exact) mass is 194 g/mol. The lowest BCUT2D eigenvalue weighted by molar-refractivity contribution is -0.304. The molecule has 0 radical (unpaired) electrons. The highest BCUT2D eigenvalue weighted by atomic mass is 19.4. The average Bonchev–Trinajstić information content (AvgIpc) is 2.32. The molecule has 0 bridgehead atoms. The molecule has 0 unspecified atom stereocenters. The zero-order valence-corrected chi connectivity index (χ0v) is 6.09. The normalized spacial score (nSPS) is 11.6. The van der Waals surface area contributed by atoms with Crippen molar-refractivity contribution in [3.05, 3.63) is 17.5 Å². The molecular formula is C6H3F3NO3-. The van der Waals surface area contributed by atoms with Gasteiger partial charge in [0.15, 0.2) is 0 Å². The number of rotatable bonds is 2. The van der Waals surface area contributed by atoms with Crippen LogP contribution in [0, 0.1) is 0 Å². The number of hydrogen-bond donors (Lipinski definition) is 0. The number of alkyl halides is 3. The first-order valence-corrected chi connectivity index (χ1v) is 3.12. The van der Waals surface area contributed by atoms with E-state index in [0.717, 1.165) is 0 Å². The van der Waals surface area contributed by atoms with Crippen LogP contribution >= 0.6 is 0 Å². The van der Waals surface area contributed by atoms with E-state index in [2.05, 4.69) is 9.68 Å². The van der Waals surface area contributed by atoms with Crippen LogP contribution < -0.4 is 5.11 Å². The molecule has 0 atom stereocenters. The molecule has 0 saturated carbocycles. The van der Waals surface area contributed by atoms with Gasteiger partial charge in [-0.15, -0.1) is 0 Å². The van der Waals surface area contributed by atoms with E-state index in [1.165, 1.54) is 0 Å². The molecule has 1 aromatic heterocycles. The maximum atomic E-state index is 11.8. The van der Waals surface area contributed by atoms with Gasteiger partial charge in [0.1, 0.15) is 0 Å². The van der Waals surface area contributed by atoms with Gasteiger partial charge in [-0.25, -0.2) is 0 Å². The average molecular weight is 194 g/mol. The molecule has 0 aliphatic rings. The number of nitrogens with zero attached hydrogens (tertiary/aromatic N) is 1. The van der Waals surface area contributed by atoms with Crippen molar-refractivity contribution < 1.29 is 27.6 Å². The Morgan fingerprint density at radius 1 is 1.62 bits per heavy atom. The third kappa shape index (κ3) is 2.46. The summed E-state index contributed by atoms with van der Waals surface area (Å²) < 4.78 is 39.4. The van der Waals surface area contributed by atoms with Crippen molar-refractivity contribution in [2.45, 2.75) is 12.6 Å². The summed E-state index contributed by atoms with van der Waals surface area (Å²) in [7, 11) is 0. The zero-order valence-electron chi connectivity index (χ0n) is 6.09. The highest BCUT2D eigenvalue weighted by Gasteiger charge is 2.35. The van der Waals surface area contributed by atoms with E-state index >= 15 is 0 Å². The molecule has 1 rings (SSSR count). The lowest BCUT2D eigenvalue weighted by atomic mass is 10.3. The number of carbonyl (C=O) groups excluding carboxylic acids is 1. The number of carbonyl (C=O) groups is 1. The molecule has 1 heterocycles. The molecule has 7 heteroatoms. The van der Waals surface area contributed by atoms with Gasteiger partial charge in [-0.05, 0) is 0 Å². The minimum Gasteiger partial charge on any atom is -0.550 e. The first kappa shape index (κ1) is 9.56. The van der Waals surface area contributed by atoms with Gasteiger partial charge in [-0.1, -0.05) is 5.16 Å². The minimum absolute atomic E-state index is 0.313. The summed E-state index contributed by atoms with van der Waals surface area (Å²) in [4.78, 5) is 9.95. The fourth-order valence-corrected chi connectivity index (χ4v) is 0.677. The Bertz CT molecular complexity index is 317. The number of aliphatic carboxylic acids is 1. The molecule has 0 aromatic carbocycles. The van der Waals surface area contributed by atoms with Gasteiger partial charge >= 0.3 is 6.18 Å². The zero-order chi connectivity index (χ0) is 10.1. The van der Waals surface area contributed by atoms with Gasteiger partial charge in [0.25, 0.3) is 0 Å². The summed E-state index contributed by atoms with van der Waals surface area (Å²) in [5.41, 5.74) is -0.313. The van der Waals surface area contributed by atoms with Crippen LogP contribution in [0.25, 0.3) is 0 Å². The lowest BCUT2D eigenvalue weighted by Crippen LogP contribution is -2.24. The second kappa shape index (κ2) is 3.08.